The van der Waals surface area contributed by atoms with E-state index in [0.29, 0.717) is 5.41 Å². The van der Waals surface area contributed by atoms with E-state index in [1.54, 1.807) is 7.11 Å². The summed E-state index contributed by atoms with van der Waals surface area (Å²) in [7, 11) is 1.77. The van der Waals surface area contributed by atoms with Gasteiger partial charge >= 0.3 is 0 Å². The predicted octanol–water partition coefficient (Wildman–Crippen LogP) is 2.93. The second kappa shape index (κ2) is 8.37. The SMILES string of the molecule is CCSCCC1(CNCCOC)CCCC1. The highest BCUT2D eigenvalue weighted by atomic mass is 32.2. The fourth-order valence-electron chi connectivity index (χ4n) is 2.60. The largest absolute Gasteiger partial charge is 0.383 e. The van der Waals surface area contributed by atoms with Crippen LogP contribution in [0.15, 0.2) is 0 Å². The molecule has 2 nitrogen and oxygen atoms in total. The molecule has 3 heteroatoms. The smallest absolute Gasteiger partial charge is 0.0587 e. The first-order valence-electron chi connectivity index (χ1n) is 6.60. The molecule has 1 N–H and O–H groups in total. The lowest BCUT2D eigenvalue weighted by atomic mass is 9.83. The van der Waals surface area contributed by atoms with Gasteiger partial charge in [0.05, 0.1) is 6.61 Å². The Morgan fingerprint density at radius 2 is 2.06 bits per heavy atom. The molecule has 1 fully saturated rings. The number of thioether (sulfide) groups is 1. The Labute approximate surface area is 105 Å². The van der Waals surface area contributed by atoms with Crippen LogP contribution in [0.5, 0.6) is 0 Å². The summed E-state index contributed by atoms with van der Waals surface area (Å²) in [5.74, 6) is 2.59. The molecule has 0 unspecified atom stereocenters. The van der Waals surface area contributed by atoms with Crippen LogP contribution in [0.4, 0.5) is 0 Å². The molecule has 0 spiro atoms. The normalized spacial score (nSPS) is 19.1. The third-order valence-corrected chi connectivity index (χ3v) is 4.53. The maximum atomic E-state index is 5.07. The lowest BCUT2D eigenvalue weighted by Gasteiger charge is -2.29. The molecule has 0 atom stereocenters. The molecule has 1 aliphatic carbocycles. The minimum absolute atomic E-state index is 0.607. The molecule has 0 bridgehead atoms. The molecule has 0 aromatic heterocycles. The van der Waals surface area contributed by atoms with E-state index >= 15 is 0 Å². The summed E-state index contributed by atoms with van der Waals surface area (Å²) in [5.41, 5.74) is 0.607. The number of nitrogens with one attached hydrogen (secondary N) is 1. The van der Waals surface area contributed by atoms with Gasteiger partial charge in [-0.2, -0.15) is 11.8 Å². The summed E-state index contributed by atoms with van der Waals surface area (Å²) in [6.45, 7) is 5.28. The zero-order chi connectivity index (χ0) is 11.7. The van der Waals surface area contributed by atoms with Crippen LogP contribution in [0.1, 0.15) is 39.0 Å². The van der Waals surface area contributed by atoms with Gasteiger partial charge < -0.3 is 10.1 Å². The maximum Gasteiger partial charge on any atom is 0.0587 e. The quantitative estimate of drug-likeness (QED) is 0.631. The van der Waals surface area contributed by atoms with Gasteiger partial charge in [-0.3, -0.25) is 0 Å². The second-order valence-corrected chi connectivity index (χ2v) is 6.22. The number of rotatable bonds is 9. The second-order valence-electron chi connectivity index (χ2n) is 4.82. The van der Waals surface area contributed by atoms with Crippen LogP contribution < -0.4 is 5.32 Å². The monoisotopic (exact) mass is 245 g/mol. The predicted molar refractivity (Wildman–Crippen MR) is 73.3 cm³/mol. The van der Waals surface area contributed by atoms with E-state index in [9.17, 15) is 0 Å². The Balaban J connectivity index is 2.22. The van der Waals surface area contributed by atoms with Crippen molar-refractivity contribution in [3.63, 3.8) is 0 Å². The van der Waals surface area contributed by atoms with Crippen molar-refractivity contribution in [1.29, 1.82) is 0 Å². The van der Waals surface area contributed by atoms with E-state index in [2.05, 4.69) is 24.0 Å². The van der Waals surface area contributed by atoms with Gasteiger partial charge in [0.15, 0.2) is 0 Å². The van der Waals surface area contributed by atoms with Gasteiger partial charge in [0.2, 0.25) is 0 Å². The third kappa shape index (κ3) is 5.07. The van der Waals surface area contributed by atoms with E-state index in [1.807, 2.05) is 0 Å². The molecule has 1 aliphatic rings. The van der Waals surface area contributed by atoms with Gasteiger partial charge in [-0.05, 0) is 36.2 Å². The summed E-state index contributed by atoms with van der Waals surface area (Å²) >= 11 is 2.08. The zero-order valence-electron chi connectivity index (χ0n) is 10.9. The molecule has 0 aromatic carbocycles. The standard InChI is InChI=1S/C13H27NOS/c1-3-16-11-8-13(6-4-5-7-13)12-14-9-10-15-2/h14H,3-12H2,1-2H3. The van der Waals surface area contributed by atoms with Crippen LogP contribution in [-0.2, 0) is 4.74 Å². The van der Waals surface area contributed by atoms with Crippen LogP contribution in [0.2, 0.25) is 0 Å². The van der Waals surface area contributed by atoms with Crippen LogP contribution in [0.25, 0.3) is 0 Å². The molecule has 0 aromatic rings. The topological polar surface area (TPSA) is 21.3 Å². The summed E-state index contributed by atoms with van der Waals surface area (Å²) < 4.78 is 5.07. The van der Waals surface area contributed by atoms with Crippen LogP contribution in [0, 0.1) is 5.41 Å². The summed E-state index contributed by atoms with van der Waals surface area (Å²) in [6.07, 6.45) is 7.12. The van der Waals surface area contributed by atoms with Crippen molar-refractivity contribution in [2.45, 2.75) is 39.0 Å². The zero-order valence-corrected chi connectivity index (χ0v) is 11.7. The van der Waals surface area contributed by atoms with Crippen LogP contribution in [0.3, 0.4) is 0 Å². The van der Waals surface area contributed by atoms with Crippen molar-refractivity contribution in [3.8, 4) is 0 Å². The minimum Gasteiger partial charge on any atom is -0.383 e. The van der Waals surface area contributed by atoms with E-state index in [-0.39, 0.29) is 0 Å². The molecule has 0 heterocycles. The Hall–Kier alpha value is 0.270. The molecule has 0 saturated heterocycles. The van der Waals surface area contributed by atoms with Crippen molar-refractivity contribution in [2.75, 3.05) is 38.3 Å². The van der Waals surface area contributed by atoms with Gasteiger partial charge in [0, 0.05) is 20.2 Å². The molecule has 0 aliphatic heterocycles. The Morgan fingerprint density at radius 1 is 1.31 bits per heavy atom. The minimum atomic E-state index is 0.607. The summed E-state index contributed by atoms with van der Waals surface area (Å²) in [6, 6.07) is 0. The van der Waals surface area contributed by atoms with Gasteiger partial charge in [-0.1, -0.05) is 19.8 Å². The van der Waals surface area contributed by atoms with Crippen LogP contribution in [-0.4, -0.2) is 38.3 Å². The Kier molecular flexibility index (Phi) is 7.50. The summed E-state index contributed by atoms with van der Waals surface area (Å²) in [5, 5.41) is 3.56. The average molecular weight is 245 g/mol. The van der Waals surface area contributed by atoms with Crippen molar-refractivity contribution >= 4 is 11.8 Å². The van der Waals surface area contributed by atoms with Crippen molar-refractivity contribution in [2.24, 2.45) is 5.41 Å². The molecular weight excluding hydrogens is 218 g/mol. The van der Waals surface area contributed by atoms with Gasteiger partial charge in [-0.15, -0.1) is 0 Å². The Bertz CT molecular complexity index is 169. The fraction of sp³-hybridized carbons (Fsp3) is 1.00. The first kappa shape index (κ1) is 14.3. The number of ether oxygens (including phenoxy) is 1. The molecule has 0 radical (unpaired) electrons. The first-order valence-corrected chi connectivity index (χ1v) is 7.76. The lowest BCUT2D eigenvalue weighted by Crippen LogP contribution is -2.34. The number of hydrogen-bond donors (Lipinski definition) is 1. The van der Waals surface area contributed by atoms with E-state index in [0.717, 1.165) is 13.2 Å². The fourth-order valence-corrected chi connectivity index (χ4v) is 3.47. The highest BCUT2D eigenvalue weighted by molar-refractivity contribution is 7.99. The molecular formula is C13H27NOS. The average Bonchev–Trinajstić information content (AvgIpc) is 2.74. The first-order chi connectivity index (χ1) is 7.83. The van der Waals surface area contributed by atoms with Crippen LogP contribution >= 0.6 is 11.8 Å². The molecule has 1 rings (SSSR count). The van der Waals surface area contributed by atoms with E-state index in [1.165, 1.54) is 50.2 Å². The van der Waals surface area contributed by atoms with Crippen molar-refractivity contribution < 1.29 is 4.74 Å². The molecule has 96 valence electrons. The Morgan fingerprint density at radius 3 is 2.69 bits per heavy atom. The lowest BCUT2D eigenvalue weighted by molar-refractivity contribution is 0.189. The number of methoxy groups -OCH3 is 1. The number of hydrogen-bond acceptors (Lipinski definition) is 3. The summed E-state index contributed by atoms with van der Waals surface area (Å²) in [4.78, 5) is 0. The molecule has 0 amide bonds. The van der Waals surface area contributed by atoms with E-state index in [4.69, 9.17) is 4.74 Å². The highest BCUT2D eigenvalue weighted by Crippen LogP contribution is 2.41. The molecule has 16 heavy (non-hydrogen) atoms. The van der Waals surface area contributed by atoms with Crippen molar-refractivity contribution in [1.82, 2.24) is 5.32 Å². The van der Waals surface area contributed by atoms with Gasteiger partial charge in [0.1, 0.15) is 0 Å². The highest BCUT2D eigenvalue weighted by Gasteiger charge is 2.32. The van der Waals surface area contributed by atoms with Gasteiger partial charge in [0.25, 0.3) is 0 Å². The third-order valence-electron chi connectivity index (χ3n) is 3.63. The molecule has 1 saturated carbocycles. The van der Waals surface area contributed by atoms with Gasteiger partial charge in [-0.25, -0.2) is 0 Å². The maximum absolute atomic E-state index is 5.07. The van der Waals surface area contributed by atoms with Crippen molar-refractivity contribution in [3.05, 3.63) is 0 Å². The van der Waals surface area contributed by atoms with E-state index < -0.39 is 0 Å².